The van der Waals surface area contributed by atoms with Gasteiger partial charge in [0.15, 0.2) is 0 Å². The van der Waals surface area contributed by atoms with Gasteiger partial charge in [-0.3, -0.25) is 0 Å². The van der Waals surface area contributed by atoms with Crippen molar-refractivity contribution in [3.63, 3.8) is 0 Å². The largest absolute Gasteiger partial charge is 0.360 e. The molecule has 0 aromatic carbocycles. The van der Waals surface area contributed by atoms with Crippen LogP contribution >= 0.6 is 23.3 Å². The van der Waals surface area contributed by atoms with Gasteiger partial charge in [0.1, 0.15) is 5.82 Å². The van der Waals surface area contributed by atoms with Crippen molar-refractivity contribution in [3.05, 3.63) is 5.82 Å². The van der Waals surface area contributed by atoms with Crippen LogP contribution in [0.3, 0.4) is 0 Å². The zero-order valence-corrected chi connectivity index (χ0v) is 11.5. The first-order valence-corrected chi connectivity index (χ1v) is 7.28. The van der Waals surface area contributed by atoms with Crippen molar-refractivity contribution in [1.29, 1.82) is 0 Å². The number of hydrogen-bond donors (Lipinski definition) is 1. The minimum Gasteiger partial charge on any atom is -0.360 e. The fourth-order valence-electron chi connectivity index (χ4n) is 1.01. The molecule has 0 aliphatic rings. The molecule has 0 radical (unpaired) electrons. The lowest BCUT2D eigenvalue weighted by atomic mass is 9.96. The van der Waals surface area contributed by atoms with Crippen LogP contribution in [0.25, 0.3) is 0 Å². The quantitative estimate of drug-likeness (QED) is 0.809. The molecule has 0 saturated carbocycles. The Bertz CT molecular complexity index is 291. The molecule has 0 atom stereocenters. The van der Waals surface area contributed by atoms with E-state index in [-0.39, 0.29) is 5.41 Å². The fraction of sp³-hybridized carbons (Fsp3) is 0.800. The van der Waals surface area contributed by atoms with E-state index in [2.05, 4.69) is 41.7 Å². The molecule has 0 fully saturated rings. The lowest BCUT2D eigenvalue weighted by Crippen LogP contribution is -2.13. The van der Waals surface area contributed by atoms with E-state index in [1.807, 2.05) is 11.8 Å². The molecule has 3 nitrogen and oxygen atoms in total. The number of thioether (sulfide) groups is 1. The van der Waals surface area contributed by atoms with Crippen LogP contribution in [0.5, 0.6) is 0 Å². The zero-order valence-electron chi connectivity index (χ0n) is 9.83. The van der Waals surface area contributed by atoms with Gasteiger partial charge in [-0.15, -0.1) is 0 Å². The maximum Gasteiger partial charge on any atom is 0.202 e. The van der Waals surface area contributed by atoms with Gasteiger partial charge in [-0.1, -0.05) is 20.8 Å². The first-order chi connectivity index (χ1) is 7.04. The van der Waals surface area contributed by atoms with E-state index in [0.29, 0.717) is 0 Å². The Balaban J connectivity index is 2.40. The molecule has 0 saturated heterocycles. The summed E-state index contributed by atoms with van der Waals surface area (Å²) in [5, 5.41) is 4.25. The standard InChI is InChI=1S/C10H19N3S2/c1-10(2,3)8-12-9(15-13-8)11-6-5-7-14-4/h5-7H2,1-4H3,(H,11,12,13). The number of hydrogen-bond acceptors (Lipinski definition) is 5. The summed E-state index contributed by atoms with van der Waals surface area (Å²) in [6.45, 7) is 7.38. The highest BCUT2D eigenvalue weighted by atomic mass is 32.2. The van der Waals surface area contributed by atoms with Gasteiger partial charge in [0.05, 0.1) is 0 Å². The first-order valence-electron chi connectivity index (χ1n) is 5.11. The van der Waals surface area contributed by atoms with Crippen LogP contribution in [0.15, 0.2) is 0 Å². The topological polar surface area (TPSA) is 37.8 Å². The van der Waals surface area contributed by atoms with E-state index in [0.717, 1.165) is 17.5 Å². The summed E-state index contributed by atoms with van der Waals surface area (Å²) in [6, 6.07) is 0. The molecular formula is C10H19N3S2. The second-order valence-corrected chi connectivity index (χ2v) is 6.18. The second kappa shape index (κ2) is 5.70. The van der Waals surface area contributed by atoms with Crippen LogP contribution < -0.4 is 5.32 Å². The average Bonchev–Trinajstić information content (AvgIpc) is 2.60. The number of anilines is 1. The molecule has 0 aliphatic carbocycles. The summed E-state index contributed by atoms with van der Waals surface area (Å²) >= 11 is 3.33. The van der Waals surface area contributed by atoms with E-state index in [1.165, 1.54) is 23.7 Å². The Morgan fingerprint density at radius 1 is 1.40 bits per heavy atom. The number of aromatic nitrogens is 2. The molecule has 15 heavy (non-hydrogen) atoms. The van der Waals surface area contributed by atoms with Gasteiger partial charge in [-0.25, -0.2) is 4.98 Å². The monoisotopic (exact) mass is 245 g/mol. The molecule has 86 valence electrons. The predicted octanol–water partition coefficient (Wildman–Crippen LogP) is 3.00. The maximum absolute atomic E-state index is 4.47. The van der Waals surface area contributed by atoms with Gasteiger partial charge >= 0.3 is 0 Å². The highest BCUT2D eigenvalue weighted by Crippen LogP contribution is 2.22. The van der Waals surface area contributed by atoms with Crippen molar-refractivity contribution in [1.82, 2.24) is 9.36 Å². The van der Waals surface area contributed by atoms with Crippen LogP contribution in [0, 0.1) is 0 Å². The number of nitrogens with one attached hydrogen (secondary N) is 1. The Morgan fingerprint density at radius 3 is 2.67 bits per heavy atom. The van der Waals surface area contributed by atoms with Gasteiger partial charge in [0.25, 0.3) is 0 Å². The molecule has 1 aromatic heterocycles. The van der Waals surface area contributed by atoms with E-state index in [1.54, 1.807) is 0 Å². The van der Waals surface area contributed by atoms with E-state index < -0.39 is 0 Å². The fourth-order valence-corrected chi connectivity index (χ4v) is 2.23. The van der Waals surface area contributed by atoms with Crippen LogP contribution in [0.4, 0.5) is 5.13 Å². The highest BCUT2D eigenvalue weighted by Gasteiger charge is 2.19. The lowest BCUT2D eigenvalue weighted by molar-refractivity contribution is 0.555. The normalized spacial score (nSPS) is 11.7. The summed E-state index contributed by atoms with van der Waals surface area (Å²) in [7, 11) is 0. The minimum absolute atomic E-state index is 0.0513. The summed E-state index contributed by atoms with van der Waals surface area (Å²) in [5.41, 5.74) is 0.0513. The van der Waals surface area contributed by atoms with Crippen LogP contribution in [0.1, 0.15) is 33.0 Å². The van der Waals surface area contributed by atoms with Crippen molar-refractivity contribution in [2.45, 2.75) is 32.6 Å². The molecule has 0 spiro atoms. The van der Waals surface area contributed by atoms with E-state index >= 15 is 0 Å². The van der Waals surface area contributed by atoms with Gasteiger partial charge in [-0.05, 0) is 18.4 Å². The third-order valence-corrected chi connectivity index (χ3v) is 3.27. The molecule has 1 heterocycles. The lowest BCUT2D eigenvalue weighted by Gasteiger charge is -2.12. The molecule has 1 rings (SSSR count). The summed E-state index contributed by atoms with van der Waals surface area (Å²) in [6.07, 6.45) is 3.30. The summed E-state index contributed by atoms with van der Waals surface area (Å²) in [5.74, 6) is 2.12. The van der Waals surface area contributed by atoms with Crippen LogP contribution in [-0.4, -0.2) is 27.9 Å². The molecule has 0 amide bonds. The van der Waals surface area contributed by atoms with E-state index in [9.17, 15) is 0 Å². The smallest absolute Gasteiger partial charge is 0.202 e. The highest BCUT2D eigenvalue weighted by molar-refractivity contribution is 7.98. The summed E-state index contributed by atoms with van der Waals surface area (Å²) in [4.78, 5) is 4.47. The molecule has 5 heteroatoms. The number of rotatable bonds is 5. The van der Waals surface area contributed by atoms with Crippen molar-refractivity contribution in [2.75, 3.05) is 23.9 Å². The molecular weight excluding hydrogens is 226 g/mol. The zero-order chi connectivity index (χ0) is 11.3. The van der Waals surface area contributed by atoms with Crippen molar-refractivity contribution >= 4 is 28.4 Å². The second-order valence-electron chi connectivity index (χ2n) is 4.45. The van der Waals surface area contributed by atoms with Gasteiger partial charge in [-0.2, -0.15) is 16.1 Å². The van der Waals surface area contributed by atoms with Crippen LogP contribution in [0.2, 0.25) is 0 Å². The SMILES string of the molecule is CSCCCNc1nc(C(C)(C)C)ns1. The third kappa shape index (κ3) is 4.38. The Kier molecular flexibility index (Phi) is 4.86. The molecule has 1 aromatic rings. The molecule has 1 N–H and O–H groups in total. The average molecular weight is 245 g/mol. The summed E-state index contributed by atoms with van der Waals surface area (Å²) < 4.78 is 4.35. The Hall–Kier alpha value is -0.290. The third-order valence-electron chi connectivity index (χ3n) is 1.90. The first kappa shape index (κ1) is 12.8. The Morgan fingerprint density at radius 2 is 2.13 bits per heavy atom. The van der Waals surface area contributed by atoms with Crippen LogP contribution in [-0.2, 0) is 5.41 Å². The van der Waals surface area contributed by atoms with Gasteiger partial charge in [0, 0.05) is 23.5 Å². The predicted molar refractivity (Wildman–Crippen MR) is 70.1 cm³/mol. The van der Waals surface area contributed by atoms with E-state index in [4.69, 9.17) is 0 Å². The van der Waals surface area contributed by atoms with Gasteiger partial charge in [0.2, 0.25) is 5.13 Å². The van der Waals surface area contributed by atoms with Crippen molar-refractivity contribution < 1.29 is 0 Å². The maximum atomic E-state index is 4.47. The minimum atomic E-state index is 0.0513. The molecule has 0 unspecified atom stereocenters. The van der Waals surface area contributed by atoms with Crippen molar-refractivity contribution in [2.24, 2.45) is 0 Å². The van der Waals surface area contributed by atoms with Crippen molar-refractivity contribution in [3.8, 4) is 0 Å². The number of nitrogens with zero attached hydrogens (tertiary/aromatic N) is 2. The molecule has 0 aliphatic heterocycles. The molecule has 0 bridgehead atoms. The Labute approximate surface area is 100 Å². The van der Waals surface area contributed by atoms with Gasteiger partial charge < -0.3 is 5.32 Å².